The van der Waals surface area contributed by atoms with Gasteiger partial charge in [0, 0.05) is 31.7 Å². The maximum absolute atomic E-state index is 14.2. The number of anilines is 2. The highest BCUT2D eigenvalue weighted by Crippen LogP contribution is 2.45. The quantitative estimate of drug-likeness (QED) is 0.0476. The van der Waals surface area contributed by atoms with Crippen molar-refractivity contribution >= 4 is 99.8 Å². The van der Waals surface area contributed by atoms with Gasteiger partial charge in [0.25, 0.3) is 5.91 Å². The first-order valence-electron chi connectivity index (χ1n) is 14.7. The summed E-state index contributed by atoms with van der Waals surface area (Å²) in [4.78, 5) is 51.8. The van der Waals surface area contributed by atoms with Crippen LogP contribution in [0.4, 0.5) is 11.8 Å². The van der Waals surface area contributed by atoms with Crippen molar-refractivity contribution in [3.63, 3.8) is 0 Å². The van der Waals surface area contributed by atoms with Crippen molar-refractivity contribution in [2.45, 2.75) is 27.4 Å². The van der Waals surface area contributed by atoms with Crippen LogP contribution in [-0.4, -0.2) is 60.7 Å². The van der Waals surface area contributed by atoms with Crippen molar-refractivity contribution in [2.75, 3.05) is 28.1 Å². The third-order valence-corrected chi connectivity index (χ3v) is 12.6. The molecule has 1 saturated heterocycles. The molecule has 0 unspecified atom stereocenters. The number of nitrogen functional groups attached to an aromatic ring is 2. The van der Waals surface area contributed by atoms with Gasteiger partial charge in [0.05, 0.1) is 10.8 Å². The molecule has 3 aromatic carbocycles. The van der Waals surface area contributed by atoms with Crippen molar-refractivity contribution in [2.24, 2.45) is 0 Å². The van der Waals surface area contributed by atoms with Crippen LogP contribution in [0.25, 0.3) is 0 Å². The van der Waals surface area contributed by atoms with Crippen molar-refractivity contribution in [1.82, 2.24) is 20.2 Å². The fourth-order valence-corrected chi connectivity index (χ4v) is 10.1. The van der Waals surface area contributed by atoms with Gasteiger partial charge in [-0.05, 0) is 29.3 Å². The van der Waals surface area contributed by atoms with Crippen LogP contribution in [0.1, 0.15) is 17.2 Å². The van der Waals surface area contributed by atoms with Crippen LogP contribution in [0, 0.1) is 0 Å². The van der Waals surface area contributed by atoms with Gasteiger partial charge < -0.3 is 21.5 Å². The number of benzene rings is 3. The monoisotopic (exact) mass is 770 g/mol. The Labute approximate surface area is 309 Å². The molecule has 49 heavy (non-hydrogen) atoms. The first-order valence-corrected chi connectivity index (χ1v) is 19.5. The second-order valence-corrected chi connectivity index (χ2v) is 16.0. The van der Waals surface area contributed by atoms with Crippen molar-refractivity contribution in [3.8, 4) is 0 Å². The van der Waals surface area contributed by atoms with Crippen LogP contribution in [-0.2, 0) is 19.1 Å². The van der Waals surface area contributed by atoms with E-state index in [9.17, 15) is 14.4 Å². The average molecular weight is 772 g/mol. The molecule has 252 valence electrons. The lowest BCUT2D eigenvalue weighted by Gasteiger charge is -2.49. The van der Waals surface area contributed by atoms with Crippen molar-refractivity contribution in [3.05, 3.63) is 117 Å². The smallest absolute Gasteiger partial charge is 0.356 e. The molecule has 0 radical (unpaired) electrons. The second kappa shape index (κ2) is 16.0. The highest BCUT2D eigenvalue weighted by Gasteiger charge is 2.54. The number of ether oxygens (including phenoxy) is 1. The molecule has 2 aliphatic rings. The molecule has 16 heteroatoms. The lowest BCUT2D eigenvalue weighted by molar-refractivity contribution is -0.154. The number of halogens is 2. The lowest BCUT2D eigenvalue weighted by Crippen LogP contribution is -2.70. The third-order valence-electron chi connectivity index (χ3n) is 7.30. The summed E-state index contributed by atoms with van der Waals surface area (Å²) >= 11 is 17.8. The molecule has 0 spiro atoms. The van der Waals surface area contributed by atoms with Crippen molar-refractivity contribution in [1.29, 1.82) is 0 Å². The Hall–Kier alpha value is -3.53. The number of nitrogens with one attached hydrogen (secondary N) is 1. The van der Waals surface area contributed by atoms with Gasteiger partial charge in [0.2, 0.25) is 11.9 Å². The molecule has 0 saturated carbocycles. The molecule has 6 rings (SSSR count). The lowest BCUT2D eigenvalue weighted by atomic mass is 10.0. The minimum atomic E-state index is -0.817. The second-order valence-electron chi connectivity index (χ2n) is 10.6. The normalized spacial score (nSPS) is 17.0. The molecular formula is C33H28Cl2N6O4S4. The van der Waals surface area contributed by atoms with E-state index in [0.717, 1.165) is 11.1 Å². The van der Waals surface area contributed by atoms with Gasteiger partial charge in [0.15, 0.2) is 6.10 Å². The Morgan fingerprint density at radius 2 is 1.65 bits per heavy atom. The molecule has 2 amide bonds. The summed E-state index contributed by atoms with van der Waals surface area (Å²) in [5.41, 5.74) is 13.3. The molecule has 4 aromatic rings. The number of rotatable bonds is 12. The molecule has 2 atom stereocenters. The molecule has 3 heterocycles. The summed E-state index contributed by atoms with van der Waals surface area (Å²) in [6, 6.07) is 24.6. The van der Waals surface area contributed by atoms with E-state index in [0.29, 0.717) is 35.7 Å². The van der Waals surface area contributed by atoms with E-state index in [2.05, 4.69) is 15.3 Å². The fraction of sp³-hybridized carbons (Fsp3) is 0.182. The summed E-state index contributed by atoms with van der Waals surface area (Å²) in [6.07, 6.45) is -0.717. The van der Waals surface area contributed by atoms with Gasteiger partial charge in [-0.25, -0.2) is 9.78 Å². The molecule has 10 nitrogen and oxygen atoms in total. The third kappa shape index (κ3) is 8.44. The Morgan fingerprint density at radius 1 is 0.959 bits per heavy atom. The van der Waals surface area contributed by atoms with Gasteiger partial charge >= 0.3 is 5.97 Å². The largest absolute Gasteiger partial charge is 0.448 e. The summed E-state index contributed by atoms with van der Waals surface area (Å²) < 4.78 is 6.23. The number of amides is 2. The molecule has 0 aliphatic carbocycles. The number of hydrogen-bond acceptors (Lipinski definition) is 12. The fourth-order valence-electron chi connectivity index (χ4n) is 5.08. The van der Waals surface area contributed by atoms with E-state index >= 15 is 0 Å². The zero-order chi connectivity index (χ0) is 34.5. The van der Waals surface area contributed by atoms with E-state index in [1.54, 1.807) is 24.3 Å². The van der Waals surface area contributed by atoms with Crippen LogP contribution in [0.3, 0.4) is 0 Å². The van der Waals surface area contributed by atoms with Crippen LogP contribution in [0.15, 0.2) is 105 Å². The van der Waals surface area contributed by atoms with Gasteiger partial charge in [-0.2, -0.15) is 4.98 Å². The number of fused-ring (bicyclic) bond motifs is 1. The van der Waals surface area contributed by atoms with Crippen LogP contribution in [0.2, 0.25) is 10.0 Å². The summed E-state index contributed by atoms with van der Waals surface area (Å²) in [5, 5.41) is 4.34. The van der Waals surface area contributed by atoms with E-state index in [4.69, 9.17) is 39.4 Å². The van der Waals surface area contributed by atoms with Gasteiger partial charge in [-0.3, -0.25) is 14.5 Å². The number of aromatic nitrogens is 2. The van der Waals surface area contributed by atoms with E-state index in [-0.39, 0.29) is 29.1 Å². The summed E-state index contributed by atoms with van der Waals surface area (Å²) in [7, 11) is 0. The Bertz CT molecular complexity index is 1850. The number of nitrogens with zero attached hydrogens (tertiary/aromatic N) is 3. The number of carbonyl (C=O) groups excluding carboxylic acids is 3. The van der Waals surface area contributed by atoms with Gasteiger partial charge in [-0.1, -0.05) is 95.6 Å². The number of hydrogen-bond donors (Lipinski definition) is 3. The Balaban J connectivity index is 1.22. The maximum atomic E-state index is 14.2. The van der Waals surface area contributed by atoms with Crippen molar-refractivity contribution < 1.29 is 19.1 Å². The van der Waals surface area contributed by atoms with Crippen LogP contribution >= 0.6 is 70.2 Å². The molecular weight excluding hydrogens is 744 g/mol. The molecule has 5 N–H and O–H groups in total. The van der Waals surface area contributed by atoms with E-state index < -0.39 is 29.4 Å². The minimum Gasteiger partial charge on any atom is -0.448 e. The highest BCUT2D eigenvalue weighted by molar-refractivity contribution is 8.18. The highest BCUT2D eigenvalue weighted by atomic mass is 35.5. The minimum absolute atomic E-state index is 0.0260. The number of nitrogens with two attached hydrogens (primary N) is 2. The molecule has 0 bridgehead atoms. The molecule has 1 aromatic heterocycles. The summed E-state index contributed by atoms with van der Waals surface area (Å²) in [5.74, 6) is -0.636. The first kappa shape index (κ1) is 35.3. The Morgan fingerprint density at radius 3 is 2.33 bits per heavy atom. The first-order chi connectivity index (χ1) is 23.7. The topological polar surface area (TPSA) is 154 Å². The van der Waals surface area contributed by atoms with E-state index in [1.165, 1.54) is 51.9 Å². The number of carbonyl (C=O) groups is 3. The Kier molecular flexibility index (Phi) is 11.5. The van der Waals surface area contributed by atoms with Gasteiger partial charge in [-0.15, -0.1) is 35.3 Å². The SMILES string of the molecule is Nc1cc(SCSC2=C(C(=O)OC(c3ccccc3)c3ccccc3)N3C(=O)[C@@H](NC(=O)CSc4cc(Cl)ccc4Cl)[C@H]3SC2)nc(N)n1. The zero-order valence-electron chi connectivity index (χ0n) is 25.5. The van der Waals surface area contributed by atoms with Crippen LogP contribution < -0.4 is 16.8 Å². The van der Waals surface area contributed by atoms with E-state index in [1.807, 2.05) is 60.7 Å². The molecule has 1 fully saturated rings. The predicted octanol–water partition coefficient (Wildman–Crippen LogP) is 6.47. The predicted molar refractivity (Wildman–Crippen MR) is 199 cm³/mol. The molecule has 2 aliphatic heterocycles. The van der Waals surface area contributed by atoms with Crippen LogP contribution in [0.5, 0.6) is 0 Å². The summed E-state index contributed by atoms with van der Waals surface area (Å²) in [6.45, 7) is 0. The van der Waals surface area contributed by atoms with Gasteiger partial charge in [0.1, 0.15) is 28.0 Å². The number of β-lactam (4-membered cyclic amide) rings is 1. The zero-order valence-corrected chi connectivity index (χ0v) is 30.2. The maximum Gasteiger partial charge on any atom is 0.356 e. The average Bonchev–Trinajstić information content (AvgIpc) is 3.10. The number of esters is 1. The number of thioether (sulfide) groups is 4. The standard InChI is InChI=1S/C33H28Cl2N6O4S4/c34-20-11-12-21(35)22(13-20)46-16-25(42)39-27-30(43)41-28(23(15-47-31(27)41)48-17-49-26-14-24(36)38-33(37)40-26)32(44)45-29(18-7-3-1-4-8-18)19-9-5-2-6-10-19/h1-14,27,29,31H,15-17H2,(H,39,42)(H4,36,37,38,40)/t27-,31-/m1/s1.